The first-order valence-corrected chi connectivity index (χ1v) is 2.27. The van der Waals surface area contributed by atoms with E-state index >= 15 is 0 Å². The number of carbonyl (C=O) groups is 1. The van der Waals surface area contributed by atoms with E-state index < -0.39 is 12.0 Å². The van der Waals surface area contributed by atoms with Crippen molar-refractivity contribution in [3.05, 3.63) is 0 Å². The summed E-state index contributed by atoms with van der Waals surface area (Å²) < 4.78 is 6.73. The lowest BCUT2D eigenvalue weighted by molar-refractivity contribution is -0.137. The minimum atomic E-state index is -1.93. The number of carboxylic acid groups (broad SMARTS) is 1. The van der Waals surface area contributed by atoms with E-state index in [2.05, 4.69) is 12.6 Å². The van der Waals surface area contributed by atoms with Crippen molar-refractivity contribution >= 4 is 18.6 Å². The van der Waals surface area contributed by atoms with Gasteiger partial charge in [-0.3, -0.25) is 4.79 Å². The van der Waals surface area contributed by atoms with E-state index in [1.165, 1.54) is 0 Å². The zero-order valence-electron chi connectivity index (χ0n) is 4.59. The molecule has 4 heteroatoms. The number of rotatable bonds is 2. The summed E-state index contributed by atoms with van der Waals surface area (Å²) in [5, 5.41) is 8.08. The second-order valence-electron chi connectivity index (χ2n) is 0.989. The van der Waals surface area contributed by atoms with Gasteiger partial charge in [-0.1, -0.05) is 0 Å². The smallest absolute Gasteiger partial charge is 0.321 e. The van der Waals surface area contributed by atoms with E-state index in [4.69, 9.17) is 12.2 Å². The van der Waals surface area contributed by atoms with Crippen LogP contribution in [0.15, 0.2) is 0 Å². The maximum atomic E-state index is 9.89. The van der Waals surface area contributed by atoms with Gasteiger partial charge in [0.25, 0.3) is 0 Å². The van der Waals surface area contributed by atoms with Crippen molar-refractivity contribution in [2.45, 2.75) is 6.02 Å². The summed E-state index contributed by atoms with van der Waals surface area (Å²) in [6, 6.07) is -1.93. The number of thiol groups is 1. The van der Waals surface area contributed by atoms with Gasteiger partial charge >= 0.3 is 5.97 Å². The summed E-state index contributed by atoms with van der Waals surface area (Å²) in [4.78, 5) is 9.89. The van der Waals surface area contributed by atoms with Crippen molar-refractivity contribution in [2.24, 2.45) is 5.73 Å². The lowest BCUT2D eigenvalue weighted by atomic mass is 10.4. The van der Waals surface area contributed by atoms with Gasteiger partial charge in [0.15, 0.2) is 0 Å². The van der Waals surface area contributed by atoms with Gasteiger partial charge < -0.3 is 10.8 Å². The van der Waals surface area contributed by atoms with Crippen molar-refractivity contribution in [3.8, 4) is 0 Å². The van der Waals surface area contributed by atoms with Crippen LogP contribution in [-0.2, 0) is 4.79 Å². The highest BCUT2D eigenvalue weighted by atomic mass is 32.1. The first-order chi connectivity index (χ1) is 3.50. The number of nitrogens with two attached hydrogens (primary N) is 1. The van der Waals surface area contributed by atoms with Crippen LogP contribution in [0.5, 0.6) is 0 Å². The molecule has 0 aromatic rings. The number of carboxylic acids is 1. The molecule has 0 fully saturated rings. The Morgan fingerprint density at radius 3 is 2.71 bits per heavy atom. The van der Waals surface area contributed by atoms with E-state index in [9.17, 15) is 4.79 Å². The fourth-order valence-electron chi connectivity index (χ4n) is 0.0676. The molecule has 0 amide bonds. The number of aliphatic carboxylic acids is 1. The molecule has 0 spiro atoms. The minimum absolute atomic E-state index is 0.178. The minimum Gasteiger partial charge on any atom is -0.480 e. The van der Waals surface area contributed by atoms with Crippen LogP contribution in [0.4, 0.5) is 0 Å². The molecule has 0 aromatic carbocycles. The summed E-state index contributed by atoms with van der Waals surface area (Å²) in [7, 11) is 0. The van der Waals surface area contributed by atoms with Crippen LogP contribution in [0.25, 0.3) is 0 Å². The third kappa shape index (κ3) is 2.47. The van der Waals surface area contributed by atoms with Crippen LogP contribution in [0.1, 0.15) is 1.37 Å². The normalized spacial score (nSPS) is 20.0. The van der Waals surface area contributed by atoms with E-state index in [1.807, 2.05) is 0 Å². The van der Waals surface area contributed by atoms with Gasteiger partial charge in [-0.25, -0.2) is 0 Å². The van der Waals surface area contributed by atoms with Crippen molar-refractivity contribution in [2.75, 3.05) is 5.75 Å². The zero-order valence-corrected chi connectivity index (χ0v) is 4.48. The predicted octanol–water partition coefficient (Wildman–Crippen LogP) is -0.672. The molecule has 0 radical (unpaired) electrons. The molecule has 0 bridgehead atoms. The van der Waals surface area contributed by atoms with Gasteiger partial charge in [0.2, 0.25) is 0 Å². The second-order valence-corrected chi connectivity index (χ2v) is 1.30. The highest BCUT2D eigenvalue weighted by Gasteiger charge is 2.06. The Labute approximate surface area is 48.3 Å². The van der Waals surface area contributed by atoms with Gasteiger partial charge in [0.05, 0.1) is 1.37 Å². The highest BCUT2D eigenvalue weighted by Crippen LogP contribution is 1.80. The average molecular weight is 122 g/mol. The lowest BCUT2D eigenvalue weighted by Crippen LogP contribution is -2.31. The zero-order chi connectivity index (χ0) is 6.78. The molecule has 42 valence electrons. The van der Waals surface area contributed by atoms with Crippen LogP contribution in [0, 0.1) is 0 Å². The molecule has 0 aliphatic rings. The van der Waals surface area contributed by atoms with E-state index in [-0.39, 0.29) is 5.75 Å². The van der Waals surface area contributed by atoms with Gasteiger partial charge in [0.1, 0.15) is 6.02 Å². The summed E-state index contributed by atoms with van der Waals surface area (Å²) >= 11 is 3.55. The summed E-state index contributed by atoms with van der Waals surface area (Å²) in [5.74, 6) is -1.53. The van der Waals surface area contributed by atoms with Crippen LogP contribution in [0.3, 0.4) is 0 Å². The third-order valence-electron chi connectivity index (χ3n) is 0.445. The quantitative estimate of drug-likeness (QED) is 0.425. The molecule has 0 unspecified atom stereocenters. The summed E-state index contributed by atoms with van der Waals surface area (Å²) in [5.41, 5.74) is 4.85. The summed E-state index contributed by atoms with van der Waals surface area (Å²) in [6.45, 7) is 0. The molecule has 1 atom stereocenters. The van der Waals surface area contributed by atoms with Crippen molar-refractivity contribution in [3.63, 3.8) is 0 Å². The van der Waals surface area contributed by atoms with Crippen molar-refractivity contribution in [1.82, 2.24) is 0 Å². The van der Waals surface area contributed by atoms with Gasteiger partial charge in [-0.2, -0.15) is 12.6 Å². The molecule has 7 heavy (non-hydrogen) atoms. The van der Waals surface area contributed by atoms with Crippen molar-refractivity contribution in [1.29, 1.82) is 0 Å². The SMILES string of the molecule is [2H][C@](N)(CS)C(=O)O. The molecular weight excluding hydrogens is 114 g/mol. The topological polar surface area (TPSA) is 63.3 Å². The Morgan fingerprint density at radius 2 is 2.71 bits per heavy atom. The molecule has 0 aromatic heterocycles. The first kappa shape index (κ1) is 4.93. The molecule has 0 saturated heterocycles. The fourth-order valence-corrected chi connectivity index (χ4v) is 0.203. The fraction of sp³-hybridized carbons (Fsp3) is 0.667. The van der Waals surface area contributed by atoms with Gasteiger partial charge in [-0.05, 0) is 0 Å². The molecule has 3 N–H and O–H groups in total. The van der Waals surface area contributed by atoms with Crippen LogP contribution in [0.2, 0.25) is 0 Å². The largest absolute Gasteiger partial charge is 0.480 e. The van der Waals surface area contributed by atoms with Gasteiger partial charge in [0, 0.05) is 5.75 Å². The molecular formula is C3H7NO2S. The van der Waals surface area contributed by atoms with E-state index in [1.54, 1.807) is 0 Å². The van der Waals surface area contributed by atoms with Crippen LogP contribution < -0.4 is 5.73 Å². The maximum Gasteiger partial charge on any atom is 0.321 e. The maximum absolute atomic E-state index is 9.89. The predicted molar refractivity (Wildman–Crippen MR) is 29.5 cm³/mol. The monoisotopic (exact) mass is 122 g/mol. The average Bonchev–Trinajstić information content (AvgIpc) is 1.67. The third-order valence-corrected chi connectivity index (χ3v) is 0.786. The Kier molecular flexibility index (Phi) is 2.02. The lowest BCUT2D eigenvalue weighted by Gasteiger charge is -1.96. The summed E-state index contributed by atoms with van der Waals surface area (Å²) in [6.07, 6.45) is 0. The first-order valence-electron chi connectivity index (χ1n) is 2.14. The molecule has 0 aliphatic carbocycles. The van der Waals surface area contributed by atoms with Crippen LogP contribution in [-0.4, -0.2) is 22.8 Å². The molecule has 0 saturated carbocycles. The van der Waals surface area contributed by atoms with Crippen LogP contribution >= 0.6 is 12.6 Å². The molecule has 0 aliphatic heterocycles. The Hall–Kier alpha value is -0.220. The van der Waals surface area contributed by atoms with Crippen molar-refractivity contribution < 1.29 is 11.3 Å². The Bertz CT molecular complexity index is 105. The standard InChI is InChI=1S/C3H7NO2S/c4-2(1-7)3(5)6/h2,7H,1,4H2,(H,5,6)/t2-/m0/s1/i2D. The van der Waals surface area contributed by atoms with E-state index in [0.29, 0.717) is 0 Å². The second kappa shape index (κ2) is 2.87. The van der Waals surface area contributed by atoms with E-state index in [0.717, 1.165) is 0 Å². The Balaban J connectivity index is 3.91. The Morgan fingerprint density at radius 1 is 2.29 bits per heavy atom. The number of hydrogen-bond donors (Lipinski definition) is 3. The number of hydrogen-bond acceptors (Lipinski definition) is 3. The highest BCUT2D eigenvalue weighted by molar-refractivity contribution is 7.80. The van der Waals surface area contributed by atoms with Gasteiger partial charge in [-0.15, -0.1) is 0 Å². The molecule has 0 rings (SSSR count). The molecule has 3 nitrogen and oxygen atoms in total. The molecule has 0 heterocycles.